The third kappa shape index (κ3) is 3.65. The van der Waals surface area contributed by atoms with Crippen LogP contribution < -0.4 is 0 Å². The van der Waals surface area contributed by atoms with E-state index >= 15 is 0 Å². The summed E-state index contributed by atoms with van der Waals surface area (Å²) >= 11 is 0. The van der Waals surface area contributed by atoms with Gasteiger partial charge in [0.1, 0.15) is 6.54 Å². The Morgan fingerprint density at radius 2 is 2.19 bits per heavy atom. The van der Waals surface area contributed by atoms with Crippen LogP contribution in [0, 0.1) is 5.92 Å². The van der Waals surface area contributed by atoms with Gasteiger partial charge in [0, 0.05) is 6.42 Å². The highest BCUT2D eigenvalue weighted by molar-refractivity contribution is 5.86. The smallest absolute Gasteiger partial charge is 0.358 e. The monoisotopic (exact) mass is 293 g/mol. The maximum absolute atomic E-state index is 11.1. The number of rotatable bonds is 7. The lowest BCUT2D eigenvalue weighted by Gasteiger charge is -2.02. The molecule has 0 saturated heterocycles. The SMILES string of the molecule is CCCc1c(C(=O)O)nnn1Cc1nc(CC(C)C)no1. The molecule has 21 heavy (non-hydrogen) atoms. The van der Waals surface area contributed by atoms with Crippen LogP contribution in [0.25, 0.3) is 0 Å². The van der Waals surface area contributed by atoms with Gasteiger partial charge >= 0.3 is 5.97 Å². The zero-order valence-corrected chi connectivity index (χ0v) is 12.4. The lowest BCUT2D eigenvalue weighted by molar-refractivity contribution is 0.0689. The number of carboxylic acids is 1. The van der Waals surface area contributed by atoms with E-state index in [0.29, 0.717) is 29.7 Å². The molecule has 114 valence electrons. The summed E-state index contributed by atoms with van der Waals surface area (Å²) in [4.78, 5) is 15.4. The minimum absolute atomic E-state index is 0.0150. The van der Waals surface area contributed by atoms with E-state index in [4.69, 9.17) is 9.63 Å². The first-order valence-electron chi connectivity index (χ1n) is 6.98. The van der Waals surface area contributed by atoms with Crippen molar-refractivity contribution in [3.63, 3.8) is 0 Å². The first-order chi connectivity index (χ1) is 10.0. The molecule has 0 spiro atoms. The fraction of sp³-hybridized carbons (Fsp3) is 0.615. The fourth-order valence-corrected chi connectivity index (χ4v) is 2.04. The zero-order chi connectivity index (χ0) is 15.4. The summed E-state index contributed by atoms with van der Waals surface area (Å²) in [6.07, 6.45) is 2.13. The molecule has 2 heterocycles. The quantitative estimate of drug-likeness (QED) is 0.825. The molecule has 0 bridgehead atoms. The van der Waals surface area contributed by atoms with Crippen molar-refractivity contribution < 1.29 is 14.4 Å². The third-order valence-corrected chi connectivity index (χ3v) is 2.91. The molecular weight excluding hydrogens is 274 g/mol. The van der Waals surface area contributed by atoms with Gasteiger partial charge in [-0.05, 0) is 12.3 Å². The van der Waals surface area contributed by atoms with Crippen LogP contribution in [-0.4, -0.2) is 36.2 Å². The van der Waals surface area contributed by atoms with Crippen LogP contribution in [0.1, 0.15) is 55.1 Å². The number of aromatic carboxylic acids is 1. The Morgan fingerprint density at radius 1 is 1.43 bits per heavy atom. The number of hydrogen-bond donors (Lipinski definition) is 1. The van der Waals surface area contributed by atoms with Crippen LogP contribution in [-0.2, 0) is 19.4 Å². The molecule has 0 aliphatic heterocycles. The Kier molecular flexibility index (Phi) is 4.66. The second kappa shape index (κ2) is 6.47. The van der Waals surface area contributed by atoms with Gasteiger partial charge in [0.25, 0.3) is 0 Å². The summed E-state index contributed by atoms with van der Waals surface area (Å²) in [5.74, 6) is 0.423. The van der Waals surface area contributed by atoms with Gasteiger partial charge in [-0.2, -0.15) is 4.98 Å². The molecule has 0 atom stereocenters. The van der Waals surface area contributed by atoms with Gasteiger partial charge in [-0.3, -0.25) is 0 Å². The minimum Gasteiger partial charge on any atom is -0.476 e. The van der Waals surface area contributed by atoms with Gasteiger partial charge in [-0.1, -0.05) is 37.6 Å². The topological polar surface area (TPSA) is 107 Å². The highest BCUT2D eigenvalue weighted by atomic mass is 16.5. The lowest BCUT2D eigenvalue weighted by atomic mass is 10.1. The van der Waals surface area contributed by atoms with Crippen LogP contribution in [0.3, 0.4) is 0 Å². The molecule has 2 aromatic rings. The van der Waals surface area contributed by atoms with E-state index in [9.17, 15) is 4.79 Å². The van der Waals surface area contributed by atoms with E-state index in [1.165, 1.54) is 4.68 Å². The van der Waals surface area contributed by atoms with E-state index in [0.717, 1.165) is 12.8 Å². The van der Waals surface area contributed by atoms with Crippen LogP contribution in [0.2, 0.25) is 0 Å². The van der Waals surface area contributed by atoms with Gasteiger partial charge in [-0.25, -0.2) is 9.48 Å². The molecule has 0 aliphatic carbocycles. The predicted molar refractivity (Wildman–Crippen MR) is 72.9 cm³/mol. The molecule has 8 nitrogen and oxygen atoms in total. The summed E-state index contributed by atoms with van der Waals surface area (Å²) in [5, 5.41) is 20.6. The van der Waals surface area contributed by atoms with Gasteiger partial charge < -0.3 is 9.63 Å². The first-order valence-corrected chi connectivity index (χ1v) is 6.98. The average molecular weight is 293 g/mol. The molecule has 0 radical (unpaired) electrons. The number of hydrogen-bond acceptors (Lipinski definition) is 6. The summed E-state index contributed by atoms with van der Waals surface area (Å²) in [6.45, 7) is 6.36. The van der Waals surface area contributed by atoms with E-state index in [1.807, 2.05) is 6.92 Å². The highest BCUT2D eigenvalue weighted by Crippen LogP contribution is 2.11. The van der Waals surface area contributed by atoms with Crippen molar-refractivity contribution in [1.29, 1.82) is 0 Å². The van der Waals surface area contributed by atoms with Crippen molar-refractivity contribution in [3.05, 3.63) is 23.1 Å². The Morgan fingerprint density at radius 3 is 2.81 bits per heavy atom. The van der Waals surface area contributed by atoms with Crippen molar-refractivity contribution in [3.8, 4) is 0 Å². The largest absolute Gasteiger partial charge is 0.476 e. The number of carbonyl (C=O) groups is 1. The second-order valence-corrected chi connectivity index (χ2v) is 5.30. The molecule has 0 unspecified atom stereocenters. The molecule has 1 N–H and O–H groups in total. The van der Waals surface area contributed by atoms with Crippen molar-refractivity contribution in [1.82, 2.24) is 25.1 Å². The number of aromatic nitrogens is 5. The van der Waals surface area contributed by atoms with Gasteiger partial charge in [0.15, 0.2) is 11.5 Å². The highest BCUT2D eigenvalue weighted by Gasteiger charge is 2.19. The summed E-state index contributed by atoms with van der Waals surface area (Å²) in [7, 11) is 0. The molecule has 2 aromatic heterocycles. The molecule has 2 rings (SSSR count). The minimum atomic E-state index is -1.07. The summed E-state index contributed by atoms with van der Waals surface area (Å²) in [5.41, 5.74) is 0.562. The molecule has 0 saturated carbocycles. The maximum Gasteiger partial charge on any atom is 0.358 e. The Bertz CT molecular complexity index is 617. The van der Waals surface area contributed by atoms with Crippen LogP contribution in [0.4, 0.5) is 0 Å². The van der Waals surface area contributed by atoms with E-state index in [1.54, 1.807) is 0 Å². The van der Waals surface area contributed by atoms with E-state index < -0.39 is 5.97 Å². The third-order valence-electron chi connectivity index (χ3n) is 2.91. The average Bonchev–Trinajstić information content (AvgIpc) is 2.98. The van der Waals surface area contributed by atoms with Crippen molar-refractivity contribution >= 4 is 5.97 Å². The van der Waals surface area contributed by atoms with Crippen molar-refractivity contribution in [2.45, 2.75) is 46.6 Å². The van der Waals surface area contributed by atoms with E-state index in [2.05, 4.69) is 34.3 Å². The Balaban J connectivity index is 2.19. The molecule has 0 aliphatic rings. The Labute approximate surface area is 122 Å². The molecular formula is C13H19N5O3. The summed E-state index contributed by atoms with van der Waals surface area (Å²) < 4.78 is 6.69. The normalized spacial score (nSPS) is 11.2. The molecule has 0 amide bonds. The van der Waals surface area contributed by atoms with Crippen LogP contribution in [0.15, 0.2) is 4.52 Å². The number of nitrogens with zero attached hydrogens (tertiary/aromatic N) is 5. The first kappa shape index (κ1) is 15.1. The molecule has 0 fully saturated rings. The fourth-order valence-electron chi connectivity index (χ4n) is 2.04. The summed E-state index contributed by atoms with van der Waals surface area (Å²) in [6, 6.07) is 0. The predicted octanol–water partition coefficient (Wildman–Crippen LogP) is 1.56. The van der Waals surface area contributed by atoms with Crippen LogP contribution >= 0.6 is 0 Å². The van der Waals surface area contributed by atoms with Crippen molar-refractivity contribution in [2.24, 2.45) is 5.92 Å². The zero-order valence-electron chi connectivity index (χ0n) is 12.4. The van der Waals surface area contributed by atoms with Crippen LogP contribution in [0.5, 0.6) is 0 Å². The molecule has 0 aromatic carbocycles. The Hall–Kier alpha value is -2.25. The van der Waals surface area contributed by atoms with Gasteiger partial charge in [0.2, 0.25) is 5.89 Å². The number of carboxylic acid groups (broad SMARTS) is 1. The molecule has 8 heteroatoms. The second-order valence-electron chi connectivity index (χ2n) is 5.30. The van der Waals surface area contributed by atoms with Gasteiger partial charge in [0.05, 0.1) is 5.69 Å². The van der Waals surface area contributed by atoms with Crippen molar-refractivity contribution in [2.75, 3.05) is 0 Å². The lowest BCUT2D eigenvalue weighted by Crippen LogP contribution is -2.09. The van der Waals surface area contributed by atoms with Gasteiger partial charge in [-0.15, -0.1) is 5.10 Å². The standard InChI is InChI=1S/C13H19N5O3/c1-4-5-9-12(13(19)20)15-17-18(9)7-11-14-10(16-21-11)6-8(2)3/h8H,4-7H2,1-3H3,(H,19,20). The maximum atomic E-state index is 11.1. The van der Waals surface area contributed by atoms with E-state index in [-0.39, 0.29) is 12.2 Å².